The first kappa shape index (κ1) is 17.7. The average Bonchev–Trinajstić information content (AvgIpc) is 3.47. The summed E-state index contributed by atoms with van der Waals surface area (Å²) in [7, 11) is 0. The molecule has 27 heavy (non-hydrogen) atoms. The summed E-state index contributed by atoms with van der Waals surface area (Å²) >= 11 is 1.63. The molecule has 1 aromatic carbocycles. The van der Waals surface area contributed by atoms with Gasteiger partial charge in [0.05, 0.1) is 16.7 Å². The molecule has 1 saturated heterocycles. The van der Waals surface area contributed by atoms with Gasteiger partial charge in [-0.05, 0) is 42.5 Å². The van der Waals surface area contributed by atoms with Crippen molar-refractivity contribution in [3.05, 3.63) is 65.7 Å². The third kappa shape index (κ3) is 4.35. The van der Waals surface area contributed by atoms with E-state index < -0.39 is 0 Å². The average molecular weight is 379 g/mol. The van der Waals surface area contributed by atoms with Crippen LogP contribution in [-0.4, -0.2) is 34.9 Å². The molecule has 0 saturated carbocycles. The van der Waals surface area contributed by atoms with Gasteiger partial charge < -0.3 is 10.1 Å². The number of carbonyl (C=O) groups is 1. The Labute approximate surface area is 162 Å². The number of carbonyl (C=O) groups excluding carboxylic acids is 1. The molecule has 1 fully saturated rings. The van der Waals surface area contributed by atoms with Gasteiger partial charge in [0, 0.05) is 31.0 Å². The van der Waals surface area contributed by atoms with Crippen molar-refractivity contribution < 1.29 is 9.53 Å². The fourth-order valence-electron chi connectivity index (χ4n) is 3.07. The van der Waals surface area contributed by atoms with E-state index in [1.807, 2.05) is 64.8 Å². The number of ether oxygens (including phenoxy) is 1. The van der Waals surface area contributed by atoms with Crippen LogP contribution in [0.4, 0.5) is 0 Å². The zero-order valence-electron chi connectivity index (χ0n) is 14.9. The highest BCUT2D eigenvalue weighted by Crippen LogP contribution is 2.28. The number of amides is 1. The zero-order chi connectivity index (χ0) is 18.5. The molecule has 6 heteroatoms. The number of nitrogens with zero attached hydrogens (tertiary/aromatic N) is 2. The third-order valence-corrected chi connectivity index (χ3v) is 5.34. The number of hydrogen-bond donors (Lipinski definition) is 1. The minimum absolute atomic E-state index is 0.116. The molecule has 1 atom stereocenters. The van der Waals surface area contributed by atoms with Gasteiger partial charge in [-0.15, -0.1) is 11.3 Å². The van der Waals surface area contributed by atoms with E-state index in [0.717, 1.165) is 41.3 Å². The van der Waals surface area contributed by atoms with Crippen LogP contribution in [0.5, 0.6) is 0 Å². The van der Waals surface area contributed by atoms with Gasteiger partial charge in [0.2, 0.25) is 5.91 Å². The molecule has 3 aromatic rings. The fraction of sp³-hybridized carbons (Fsp3) is 0.238. The maximum absolute atomic E-state index is 12.2. The molecular weight excluding hydrogens is 358 g/mol. The molecule has 138 valence electrons. The van der Waals surface area contributed by atoms with Crippen LogP contribution < -0.4 is 5.32 Å². The Morgan fingerprint density at radius 2 is 2.19 bits per heavy atom. The highest BCUT2D eigenvalue weighted by Gasteiger charge is 2.16. The van der Waals surface area contributed by atoms with Gasteiger partial charge in [-0.3, -0.25) is 4.79 Å². The normalized spacial score (nSPS) is 16.8. The molecule has 5 nitrogen and oxygen atoms in total. The van der Waals surface area contributed by atoms with E-state index in [2.05, 4.69) is 5.32 Å². The van der Waals surface area contributed by atoms with Crippen molar-refractivity contribution in [2.45, 2.75) is 18.9 Å². The van der Waals surface area contributed by atoms with Crippen molar-refractivity contribution in [3.63, 3.8) is 0 Å². The van der Waals surface area contributed by atoms with E-state index in [9.17, 15) is 4.79 Å². The van der Waals surface area contributed by atoms with Crippen LogP contribution in [0, 0.1) is 0 Å². The molecule has 0 spiro atoms. The predicted molar refractivity (Wildman–Crippen MR) is 108 cm³/mol. The van der Waals surface area contributed by atoms with Crippen LogP contribution in [0.2, 0.25) is 0 Å². The molecule has 3 heterocycles. The first-order valence-electron chi connectivity index (χ1n) is 9.06. The second-order valence-electron chi connectivity index (χ2n) is 6.40. The lowest BCUT2D eigenvalue weighted by Gasteiger charge is -2.08. The lowest BCUT2D eigenvalue weighted by molar-refractivity contribution is -0.116. The molecule has 1 aliphatic heterocycles. The highest BCUT2D eigenvalue weighted by molar-refractivity contribution is 7.13. The van der Waals surface area contributed by atoms with Crippen LogP contribution >= 0.6 is 11.3 Å². The van der Waals surface area contributed by atoms with E-state index >= 15 is 0 Å². The summed E-state index contributed by atoms with van der Waals surface area (Å²) in [5.74, 6) is -0.116. The number of benzene rings is 1. The van der Waals surface area contributed by atoms with Crippen LogP contribution in [0.3, 0.4) is 0 Å². The molecule has 0 bridgehead atoms. The molecular formula is C21H21N3O2S. The fourth-order valence-corrected chi connectivity index (χ4v) is 3.80. The molecule has 1 N–H and O–H groups in total. The van der Waals surface area contributed by atoms with Crippen molar-refractivity contribution >= 4 is 23.3 Å². The second-order valence-corrected chi connectivity index (χ2v) is 7.35. The molecule has 2 aromatic heterocycles. The van der Waals surface area contributed by atoms with Gasteiger partial charge in [0.15, 0.2) is 0 Å². The van der Waals surface area contributed by atoms with E-state index in [1.165, 1.54) is 0 Å². The van der Waals surface area contributed by atoms with E-state index in [4.69, 9.17) is 9.84 Å². The van der Waals surface area contributed by atoms with E-state index in [0.29, 0.717) is 6.54 Å². The first-order chi connectivity index (χ1) is 13.3. The van der Waals surface area contributed by atoms with Crippen LogP contribution in [0.15, 0.2) is 60.1 Å². The summed E-state index contributed by atoms with van der Waals surface area (Å²) in [6, 6.07) is 14.0. The van der Waals surface area contributed by atoms with Crippen molar-refractivity contribution in [1.82, 2.24) is 15.1 Å². The van der Waals surface area contributed by atoms with Crippen molar-refractivity contribution in [2.24, 2.45) is 0 Å². The Bertz CT molecular complexity index is 910. The number of nitrogens with one attached hydrogen (secondary N) is 1. The summed E-state index contributed by atoms with van der Waals surface area (Å²) in [6.45, 7) is 1.35. The lowest BCUT2D eigenvalue weighted by Crippen LogP contribution is -2.30. The summed E-state index contributed by atoms with van der Waals surface area (Å²) in [5.41, 5.74) is 2.77. The quantitative estimate of drug-likeness (QED) is 0.661. The monoisotopic (exact) mass is 379 g/mol. The summed E-state index contributed by atoms with van der Waals surface area (Å²) in [4.78, 5) is 13.2. The van der Waals surface area contributed by atoms with Crippen molar-refractivity contribution in [3.8, 4) is 16.3 Å². The van der Waals surface area contributed by atoms with Gasteiger partial charge in [0.25, 0.3) is 0 Å². The van der Waals surface area contributed by atoms with Crippen molar-refractivity contribution in [2.75, 3.05) is 13.2 Å². The largest absolute Gasteiger partial charge is 0.376 e. The minimum atomic E-state index is -0.116. The number of thiophene rings is 1. The summed E-state index contributed by atoms with van der Waals surface area (Å²) < 4.78 is 7.38. The van der Waals surface area contributed by atoms with Gasteiger partial charge in [-0.1, -0.05) is 24.3 Å². The molecule has 1 unspecified atom stereocenters. The first-order valence-corrected chi connectivity index (χ1v) is 9.94. The summed E-state index contributed by atoms with van der Waals surface area (Å²) in [5, 5.41) is 9.67. The molecule has 1 aliphatic rings. The Morgan fingerprint density at radius 3 is 2.93 bits per heavy atom. The SMILES string of the molecule is O=C(/C=C/c1cn(-c2ccccc2)nc1-c1cccs1)NCC1CCCO1. The number of para-hydroxylation sites is 1. The Morgan fingerprint density at radius 1 is 1.30 bits per heavy atom. The number of hydrogen-bond acceptors (Lipinski definition) is 4. The van der Waals surface area contributed by atoms with Gasteiger partial charge in [-0.2, -0.15) is 5.10 Å². The van der Waals surface area contributed by atoms with E-state index in [-0.39, 0.29) is 12.0 Å². The number of rotatable bonds is 6. The zero-order valence-corrected chi connectivity index (χ0v) is 15.7. The molecule has 0 aliphatic carbocycles. The summed E-state index contributed by atoms with van der Waals surface area (Å²) in [6.07, 6.45) is 7.57. The van der Waals surface area contributed by atoms with Crippen LogP contribution in [0.25, 0.3) is 22.3 Å². The van der Waals surface area contributed by atoms with Crippen LogP contribution in [0.1, 0.15) is 18.4 Å². The molecule has 1 amide bonds. The smallest absolute Gasteiger partial charge is 0.244 e. The van der Waals surface area contributed by atoms with E-state index in [1.54, 1.807) is 17.4 Å². The number of aromatic nitrogens is 2. The van der Waals surface area contributed by atoms with Gasteiger partial charge in [0.1, 0.15) is 5.69 Å². The van der Waals surface area contributed by atoms with Gasteiger partial charge in [-0.25, -0.2) is 4.68 Å². The Kier molecular flexibility index (Phi) is 5.46. The second kappa shape index (κ2) is 8.33. The third-order valence-electron chi connectivity index (χ3n) is 4.46. The maximum Gasteiger partial charge on any atom is 0.244 e. The predicted octanol–water partition coefficient (Wildman–Crippen LogP) is 3.91. The minimum Gasteiger partial charge on any atom is -0.376 e. The maximum atomic E-state index is 12.2. The Balaban J connectivity index is 1.53. The topological polar surface area (TPSA) is 56.2 Å². The standard InChI is InChI=1S/C21H21N3O2S/c25-20(22-14-18-8-4-12-26-18)11-10-16-15-24(17-6-2-1-3-7-17)23-21(16)19-9-5-13-27-19/h1-3,5-7,9-11,13,15,18H,4,8,12,14H2,(H,22,25)/b11-10+. The Hall–Kier alpha value is -2.70. The molecule has 4 rings (SSSR count). The highest BCUT2D eigenvalue weighted by atomic mass is 32.1. The molecule has 0 radical (unpaired) electrons. The van der Waals surface area contributed by atoms with Crippen LogP contribution in [-0.2, 0) is 9.53 Å². The van der Waals surface area contributed by atoms with Gasteiger partial charge >= 0.3 is 0 Å². The lowest BCUT2D eigenvalue weighted by atomic mass is 10.2. The van der Waals surface area contributed by atoms with Crippen molar-refractivity contribution in [1.29, 1.82) is 0 Å².